The van der Waals surface area contributed by atoms with Gasteiger partial charge in [-0.3, -0.25) is 0 Å². The lowest BCUT2D eigenvalue weighted by Gasteiger charge is -2.04. The number of pyridine rings is 1. The van der Waals surface area contributed by atoms with Crippen LogP contribution < -0.4 is 11.1 Å². The van der Waals surface area contributed by atoms with Gasteiger partial charge < -0.3 is 11.1 Å². The predicted octanol–water partition coefficient (Wildman–Crippen LogP) is 1.41. The largest absolute Gasteiger partial charge is 0.372 e. The number of nitrogens with one attached hydrogen (secondary N) is 1. The fraction of sp³-hybridized carbons (Fsp3) is 0.125. The van der Waals surface area contributed by atoms with Crippen LogP contribution >= 0.6 is 15.9 Å². The number of aromatic nitrogens is 3. The molecule has 2 aromatic rings. The smallest absolute Gasteiger partial charge is 0.222 e. The van der Waals surface area contributed by atoms with E-state index in [9.17, 15) is 0 Å². The van der Waals surface area contributed by atoms with Gasteiger partial charge in [0.2, 0.25) is 5.95 Å². The summed E-state index contributed by atoms with van der Waals surface area (Å²) in [6.45, 7) is 0. The number of fused-ring (bicyclic) bond motifs is 1. The summed E-state index contributed by atoms with van der Waals surface area (Å²) >= 11 is 3.38. The zero-order chi connectivity index (χ0) is 10.1. The summed E-state index contributed by atoms with van der Waals surface area (Å²) in [6.07, 6.45) is 1.65. The fourth-order valence-electron chi connectivity index (χ4n) is 1.13. The molecule has 0 saturated heterocycles. The average Bonchev–Trinajstić information content (AvgIpc) is 2.17. The van der Waals surface area contributed by atoms with Crippen LogP contribution in [0.1, 0.15) is 0 Å². The Morgan fingerprint density at radius 3 is 2.93 bits per heavy atom. The monoisotopic (exact) mass is 253 g/mol. The third kappa shape index (κ3) is 1.48. The Morgan fingerprint density at radius 2 is 2.21 bits per heavy atom. The Balaban J connectivity index is 2.73. The van der Waals surface area contributed by atoms with Gasteiger partial charge in [-0.05, 0) is 22.0 Å². The Bertz CT molecular complexity index is 484. The van der Waals surface area contributed by atoms with E-state index in [1.807, 2.05) is 6.07 Å². The van der Waals surface area contributed by atoms with E-state index in [1.165, 1.54) is 0 Å². The summed E-state index contributed by atoms with van der Waals surface area (Å²) in [5.41, 5.74) is 6.05. The van der Waals surface area contributed by atoms with Crippen LogP contribution in [0, 0.1) is 0 Å². The molecule has 2 heterocycles. The summed E-state index contributed by atoms with van der Waals surface area (Å²) in [7, 11) is 1.80. The number of hydrogen-bond donors (Lipinski definition) is 2. The minimum Gasteiger partial charge on any atom is -0.372 e. The van der Waals surface area contributed by atoms with Crippen molar-refractivity contribution < 1.29 is 0 Å². The number of rotatable bonds is 1. The Labute approximate surface area is 88.9 Å². The molecule has 2 aromatic heterocycles. The molecular formula is C8H8BrN5. The van der Waals surface area contributed by atoms with Gasteiger partial charge in [-0.1, -0.05) is 0 Å². The highest BCUT2D eigenvalue weighted by molar-refractivity contribution is 9.10. The molecule has 0 aliphatic rings. The normalized spacial score (nSPS) is 10.4. The predicted molar refractivity (Wildman–Crippen MR) is 59.0 cm³/mol. The molecule has 6 heteroatoms. The first-order valence-corrected chi connectivity index (χ1v) is 4.76. The van der Waals surface area contributed by atoms with E-state index in [4.69, 9.17) is 5.73 Å². The first-order chi connectivity index (χ1) is 6.70. The van der Waals surface area contributed by atoms with E-state index in [-0.39, 0.29) is 5.95 Å². The highest BCUT2D eigenvalue weighted by Gasteiger charge is 2.04. The maximum Gasteiger partial charge on any atom is 0.222 e. The quantitative estimate of drug-likeness (QED) is 0.804. The van der Waals surface area contributed by atoms with Crippen LogP contribution in [-0.2, 0) is 0 Å². The van der Waals surface area contributed by atoms with Crippen LogP contribution in [0.4, 0.5) is 11.8 Å². The molecule has 0 radical (unpaired) electrons. The van der Waals surface area contributed by atoms with Gasteiger partial charge in [0.1, 0.15) is 5.82 Å². The van der Waals surface area contributed by atoms with Gasteiger partial charge in [-0.2, -0.15) is 4.98 Å². The average molecular weight is 254 g/mol. The molecule has 72 valence electrons. The highest BCUT2D eigenvalue weighted by Crippen LogP contribution is 2.23. The van der Waals surface area contributed by atoms with Crippen molar-refractivity contribution in [3.05, 3.63) is 16.7 Å². The maximum absolute atomic E-state index is 5.46. The second-order valence-electron chi connectivity index (χ2n) is 2.71. The van der Waals surface area contributed by atoms with Crippen molar-refractivity contribution in [2.75, 3.05) is 18.1 Å². The fourth-order valence-corrected chi connectivity index (χ4v) is 1.66. The molecule has 0 aromatic carbocycles. The van der Waals surface area contributed by atoms with Crippen LogP contribution in [0.2, 0.25) is 0 Å². The summed E-state index contributed by atoms with van der Waals surface area (Å²) in [4.78, 5) is 12.2. The van der Waals surface area contributed by atoms with Crippen LogP contribution in [0.5, 0.6) is 0 Å². The topological polar surface area (TPSA) is 76.7 Å². The second kappa shape index (κ2) is 3.38. The summed E-state index contributed by atoms with van der Waals surface area (Å²) < 4.78 is 0.876. The van der Waals surface area contributed by atoms with E-state index in [0.717, 1.165) is 15.7 Å². The molecular weight excluding hydrogens is 246 g/mol. The van der Waals surface area contributed by atoms with Gasteiger partial charge in [0.25, 0.3) is 0 Å². The van der Waals surface area contributed by atoms with Crippen molar-refractivity contribution >= 4 is 38.7 Å². The minimum atomic E-state index is 0.231. The zero-order valence-electron chi connectivity index (χ0n) is 7.45. The molecule has 0 aliphatic heterocycles. The van der Waals surface area contributed by atoms with Gasteiger partial charge >= 0.3 is 0 Å². The number of nitrogens with two attached hydrogens (primary N) is 1. The van der Waals surface area contributed by atoms with Gasteiger partial charge in [0, 0.05) is 18.6 Å². The molecule has 0 fully saturated rings. The molecule has 0 aliphatic carbocycles. The summed E-state index contributed by atoms with van der Waals surface area (Å²) in [5.74, 6) is 0.963. The number of nitrogen functional groups attached to an aromatic ring is 1. The number of nitrogens with zero attached hydrogens (tertiary/aromatic N) is 3. The van der Waals surface area contributed by atoms with Crippen LogP contribution in [-0.4, -0.2) is 22.0 Å². The molecule has 0 unspecified atom stereocenters. The third-order valence-corrected chi connectivity index (χ3v) is 2.38. The summed E-state index contributed by atoms with van der Waals surface area (Å²) in [6, 6.07) is 1.90. The van der Waals surface area contributed by atoms with Gasteiger partial charge in [0.05, 0.1) is 4.47 Å². The van der Waals surface area contributed by atoms with Crippen molar-refractivity contribution in [2.24, 2.45) is 0 Å². The highest BCUT2D eigenvalue weighted by atomic mass is 79.9. The minimum absolute atomic E-state index is 0.231. The van der Waals surface area contributed by atoms with E-state index < -0.39 is 0 Å². The van der Waals surface area contributed by atoms with Crippen molar-refractivity contribution in [2.45, 2.75) is 0 Å². The zero-order valence-corrected chi connectivity index (χ0v) is 9.04. The van der Waals surface area contributed by atoms with Crippen molar-refractivity contribution in [1.82, 2.24) is 15.0 Å². The standard InChI is InChI=1S/C8H8BrN5/c1-11-7-5(9)2-4-3-12-8(10)14-6(4)13-7/h2-3H,1H3,(H3,10,11,12,13,14). The lowest BCUT2D eigenvalue weighted by molar-refractivity contribution is 1.19. The Hall–Kier alpha value is -1.43. The van der Waals surface area contributed by atoms with E-state index in [2.05, 4.69) is 36.2 Å². The van der Waals surface area contributed by atoms with Crippen molar-refractivity contribution in [1.29, 1.82) is 0 Å². The number of anilines is 2. The SMILES string of the molecule is CNc1nc2nc(N)ncc2cc1Br. The Morgan fingerprint density at radius 1 is 1.43 bits per heavy atom. The van der Waals surface area contributed by atoms with Crippen LogP contribution in [0.3, 0.4) is 0 Å². The molecule has 2 rings (SSSR count). The van der Waals surface area contributed by atoms with Crippen molar-refractivity contribution in [3.8, 4) is 0 Å². The number of halogens is 1. The summed E-state index contributed by atoms with van der Waals surface area (Å²) in [5, 5.41) is 3.80. The van der Waals surface area contributed by atoms with E-state index >= 15 is 0 Å². The van der Waals surface area contributed by atoms with Crippen LogP contribution in [0.15, 0.2) is 16.7 Å². The molecule has 0 amide bonds. The van der Waals surface area contributed by atoms with Gasteiger partial charge in [0.15, 0.2) is 5.65 Å². The third-order valence-electron chi connectivity index (χ3n) is 1.78. The first kappa shape index (κ1) is 9.14. The number of hydrogen-bond acceptors (Lipinski definition) is 5. The lowest BCUT2D eigenvalue weighted by Crippen LogP contribution is -1.99. The molecule has 3 N–H and O–H groups in total. The Kier molecular flexibility index (Phi) is 2.20. The molecule has 0 spiro atoms. The molecule has 0 bridgehead atoms. The maximum atomic E-state index is 5.46. The van der Waals surface area contributed by atoms with Crippen LogP contribution in [0.25, 0.3) is 11.0 Å². The van der Waals surface area contributed by atoms with E-state index in [1.54, 1.807) is 13.2 Å². The van der Waals surface area contributed by atoms with Gasteiger partial charge in [-0.25, -0.2) is 9.97 Å². The molecule has 5 nitrogen and oxygen atoms in total. The van der Waals surface area contributed by atoms with E-state index in [0.29, 0.717) is 5.65 Å². The molecule has 14 heavy (non-hydrogen) atoms. The second-order valence-corrected chi connectivity index (χ2v) is 3.56. The molecule has 0 atom stereocenters. The first-order valence-electron chi connectivity index (χ1n) is 3.97. The van der Waals surface area contributed by atoms with Crippen molar-refractivity contribution in [3.63, 3.8) is 0 Å². The van der Waals surface area contributed by atoms with Gasteiger partial charge in [-0.15, -0.1) is 0 Å². The molecule has 0 saturated carbocycles. The lowest BCUT2D eigenvalue weighted by atomic mass is 10.3.